The van der Waals surface area contributed by atoms with Crippen LogP contribution in [0.3, 0.4) is 0 Å². The Kier molecular flexibility index (Phi) is 3.71. The second kappa shape index (κ2) is 4.83. The van der Waals surface area contributed by atoms with Crippen molar-refractivity contribution >= 4 is 11.5 Å². The summed E-state index contributed by atoms with van der Waals surface area (Å²) in [6.07, 6.45) is -3.38. The summed E-state index contributed by atoms with van der Waals surface area (Å²) in [6, 6.07) is 7.03. The van der Waals surface area contributed by atoms with Gasteiger partial charge in [-0.3, -0.25) is 4.79 Å². The molecule has 1 rings (SSSR count). The molecular weight excluding hydrogens is 219 g/mol. The van der Waals surface area contributed by atoms with Gasteiger partial charge in [0.2, 0.25) is 0 Å². The summed E-state index contributed by atoms with van der Waals surface area (Å²) in [6.45, 7) is 1.90. The number of rotatable bonds is 3. The molecule has 0 saturated heterocycles. The van der Waals surface area contributed by atoms with Gasteiger partial charge in [0.25, 0.3) is 5.78 Å². The van der Waals surface area contributed by atoms with Crippen molar-refractivity contribution in [1.29, 1.82) is 0 Å². The zero-order chi connectivity index (χ0) is 12.2. The third kappa shape index (κ3) is 3.76. The van der Waals surface area contributed by atoms with E-state index in [1.807, 2.05) is 19.1 Å². The third-order valence-electron chi connectivity index (χ3n) is 1.82. The summed E-state index contributed by atoms with van der Waals surface area (Å²) in [5.74, 6) is -1.88. The van der Waals surface area contributed by atoms with Gasteiger partial charge >= 0.3 is 6.18 Å². The molecule has 2 nitrogen and oxygen atoms in total. The van der Waals surface area contributed by atoms with Crippen molar-refractivity contribution in [3.8, 4) is 0 Å². The average Bonchev–Trinajstić information content (AvgIpc) is 2.19. The maximum Gasteiger partial charge on any atom is 0.454 e. The topological polar surface area (TPSA) is 29.1 Å². The molecule has 0 bridgehead atoms. The summed E-state index contributed by atoms with van der Waals surface area (Å²) < 4.78 is 35.4. The minimum absolute atomic E-state index is 0.458. The average molecular weight is 229 g/mol. The molecule has 0 unspecified atom stereocenters. The molecule has 5 heteroatoms. The minimum Gasteiger partial charge on any atom is -0.362 e. The first-order chi connectivity index (χ1) is 7.39. The number of nitrogens with one attached hydrogen (secondary N) is 1. The zero-order valence-corrected chi connectivity index (χ0v) is 8.51. The summed E-state index contributed by atoms with van der Waals surface area (Å²) in [5.41, 5.74) is 1.66. The van der Waals surface area contributed by atoms with Gasteiger partial charge in [-0.25, -0.2) is 0 Å². The van der Waals surface area contributed by atoms with E-state index in [0.717, 1.165) is 11.8 Å². The van der Waals surface area contributed by atoms with Gasteiger partial charge in [0.15, 0.2) is 0 Å². The summed E-state index contributed by atoms with van der Waals surface area (Å²) >= 11 is 0. The number of carbonyl (C=O) groups excluding carboxylic acids is 1. The number of alkyl halides is 3. The molecule has 0 aromatic heterocycles. The van der Waals surface area contributed by atoms with E-state index in [-0.39, 0.29) is 0 Å². The van der Waals surface area contributed by atoms with Gasteiger partial charge in [0.1, 0.15) is 0 Å². The van der Waals surface area contributed by atoms with E-state index in [4.69, 9.17) is 0 Å². The van der Waals surface area contributed by atoms with Crippen LogP contribution in [0.25, 0.3) is 0 Å². The first-order valence-electron chi connectivity index (χ1n) is 4.50. The fraction of sp³-hybridized carbons (Fsp3) is 0.182. The van der Waals surface area contributed by atoms with Crippen LogP contribution in [0.15, 0.2) is 36.5 Å². The molecule has 0 amide bonds. The van der Waals surface area contributed by atoms with Crippen molar-refractivity contribution in [3.05, 3.63) is 42.1 Å². The molecule has 1 aromatic rings. The molecule has 0 saturated carbocycles. The van der Waals surface area contributed by atoms with Gasteiger partial charge in [-0.2, -0.15) is 13.2 Å². The molecule has 0 atom stereocenters. The molecule has 0 aliphatic rings. The predicted molar refractivity (Wildman–Crippen MR) is 55.0 cm³/mol. The molecule has 16 heavy (non-hydrogen) atoms. The van der Waals surface area contributed by atoms with E-state index >= 15 is 0 Å². The number of halogens is 3. The Morgan fingerprint density at radius 1 is 1.25 bits per heavy atom. The first-order valence-corrected chi connectivity index (χ1v) is 4.50. The van der Waals surface area contributed by atoms with Crippen LogP contribution in [0.5, 0.6) is 0 Å². The number of anilines is 1. The van der Waals surface area contributed by atoms with Gasteiger partial charge < -0.3 is 5.32 Å². The lowest BCUT2D eigenvalue weighted by Gasteiger charge is -2.02. The van der Waals surface area contributed by atoms with Crippen molar-refractivity contribution in [1.82, 2.24) is 0 Å². The van der Waals surface area contributed by atoms with E-state index in [1.54, 1.807) is 12.1 Å². The predicted octanol–water partition coefficient (Wildman–Crippen LogP) is 3.05. The van der Waals surface area contributed by atoms with E-state index in [0.29, 0.717) is 11.8 Å². The van der Waals surface area contributed by atoms with Gasteiger partial charge in [-0.1, -0.05) is 17.7 Å². The highest BCUT2D eigenvalue weighted by Crippen LogP contribution is 2.16. The Balaban J connectivity index is 2.55. The van der Waals surface area contributed by atoms with Crippen LogP contribution in [-0.2, 0) is 4.79 Å². The minimum atomic E-state index is -4.81. The highest BCUT2D eigenvalue weighted by molar-refractivity contribution is 5.94. The quantitative estimate of drug-likeness (QED) is 0.807. The Morgan fingerprint density at radius 2 is 1.81 bits per heavy atom. The Bertz CT molecular complexity index is 393. The van der Waals surface area contributed by atoms with Crippen LogP contribution in [0.2, 0.25) is 0 Å². The highest BCUT2D eigenvalue weighted by atomic mass is 19.4. The van der Waals surface area contributed by atoms with Crippen molar-refractivity contribution in [3.63, 3.8) is 0 Å². The number of hydrogen-bond donors (Lipinski definition) is 1. The number of ketones is 1. The molecular formula is C11H10F3NO. The van der Waals surface area contributed by atoms with Crippen LogP contribution < -0.4 is 5.32 Å². The smallest absolute Gasteiger partial charge is 0.362 e. The monoisotopic (exact) mass is 229 g/mol. The highest BCUT2D eigenvalue weighted by Gasteiger charge is 2.35. The van der Waals surface area contributed by atoms with Gasteiger partial charge in [0.05, 0.1) is 0 Å². The molecule has 1 N–H and O–H groups in total. The largest absolute Gasteiger partial charge is 0.454 e. The number of allylic oxidation sites excluding steroid dienone is 1. The van der Waals surface area contributed by atoms with Gasteiger partial charge in [0, 0.05) is 18.0 Å². The van der Waals surface area contributed by atoms with E-state index < -0.39 is 12.0 Å². The van der Waals surface area contributed by atoms with Gasteiger partial charge in [-0.05, 0) is 19.1 Å². The Hall–Kier alpha value is -1.78. The normalized spacial score (nSPS) is 11.8. The number of aryl methyl sites for hydroxylation is 1. The fourth-order valence-corrected chi connectivity index (χ4v) is 0.958. The number of carbonyl (C=O) groups is 1. The SMILES string of the molecule is Cc1ccc(NC=CC(=O)C(F)(F)F)cc1. The molecule has 0 fully saturated rings. The van der Waals surface area contributed by atoms with Crippen molar-refractivity contribution in [2.45, 2.75) is 13.1 Å². The zero-order valence-electron chi connectivity index (χ0n) is 8.51. The van der Waals surface area contributed by atoms with Crippen molar-refractivity contribution < 1.29 is 18.0 Å². The van der Waals surface area contributed by atoms with Gasteiger partial charge in [-0.15, -0.1) is 0 Å². The number of benzene rings is 1. The van der Waals surface area contributed by atoms with E-state index in [2.05, 4.69) is 5.32 Å². The molecule has 0 aliphatic carbocycles. The summed E-state index contributed by atoms with van der Waals surface area (Å²) in [5, 5.41) is 2.57. The third-order valence-corrected chi connectivity index (χ3v) is 1.82. The van der Waals surface area contributed by atoms with E-state index in [9.17, 15) is 18.0 Å². The van der Waals surface area contributed by atoms with Crippen LogP contribution in [-0.4, -0.2) is 12.0 Å². The van der Waals surface area contributed by atoms with Crippen LogP contribution >= 0.6 is 0 Å². The molecule has 0 aliphatic heterocycles. The summed E-state index contributed by atoms with van der Waals surface area (Å²) in [7, 11) is 0. The summed E-state index contributed by atoms with van der Waals surface area (Å²) in [4.78, 5) is 10.5. The second-order valence-electron chi connectivity index (χ2n) is 3.21. The second-order valence-corrected chi connectivity index (χ2v) is 3.21. The molecule has 0 radical (unpaired) electrons. The first kappa shape index (κ1) is 12.3. The maximum atomic E-state index is 11.8. The Labute approximate surface area is 90.8 Å². The maximum absolute atomic E-state index is 11.8. The molecule has 86 valence electrons. The lowest BCUT2D eigenvalue weighted by molar-refractivity contribution is -0.165. The number of hydrogen-bond acceptors (Lipinski definition) is 2. The van der Waals surface area contributed by atoms with Crippen LogP contribution in [0, 0.1) is 6.92 Å². The fourth-order valence-electron chi connectivity index (χ4n) is 0.958. The lowest BCUT2D eigenvalue weighted by Crippen LogP contribution is -2.20. The molecule has 1 aromatic carbocycles. The molecule has 0 heterocycles. The van der Waals surface area contributed by atoms with Crippen LogP contribution in [0.4, 0.5) is 18.9 Å². The lowest BCUT2D eigenvalue weighted by atomic mass is 10.2. The van der Waals surface area contributed by atoms with Crippen LogP contribution in [0.1, 0.15) is 5.56 Å². The Morgan fingerprint density at radius 3 is 2.31 bits per heavy atom. The van der Waals surface area contributed by atoms with Crippen molar-refractivity contribution in [2.75, 3.05) is 5.32 Å². The van der Waals surface area contributed by atoms with E-state index in [1.165, 1.54) is 0 Å². The standard InChI is InChI=1S/C11H10F3NO/c1-8-2-4-9(5-3-8)15-7-6-10(16)11(12,13)14/h2-7,15H,1H3. The molecule has 0 spiro atoms. The van der Waals surface area contributed by atoms with Crippen molar-refractivity contribution in [2.24, 2.45) is 0 Å².